The Morgan fingerprint density at radius 3 is 2.71 bits per heavy atom. The zero-order chi connectivity index (χ0) is 14.7. The Bertz CT molecular complexity index is 608. The van der Waals surface area contributed by atoms with Gasteiger partial charge >= 0.3 is 0 Å². The second kappa shape index (κ2) is 5.90. The first-order valence-electron chi connectivity index (χ1n) is 7.71. The number of ether oxygens (including phenoxy) is 1. The molecule has 0 aliphatic heterocycles. The predicted molar refractivity (Wildman–Crippen MR) is 86.6 cm³/mol. The number of hydrogen-bond acceptors (Lipinski definition) is 2. The molecule has 0 saturated carbocycles. The number of fused-ring (bicyclic) bond motifs is 1. The fraction of sp³-hybridized carbons (Fsp3) is 0.368. The van der Waals surface area contributed by atoms with Gasteiger partial charge in [0.2, 0.25) is 0 Å². The van der Waals surface area contributed by atoms with Gasteiger partial charge < -0.3 is 10.5 Å². The van der Waals surface area contributed by atoms with E-state index in [4.69, 9.17) is 10.5 Å². The summed E-state index contributed by atoms with van der Waals surface area (Å²) >= 11 is 0. The minimum Gasteiger partial charge on any atom is -0.497 e. The third-order valence-corrected chi connectivity index (χ3v) is 4.63. The zero-order valence-electron chi connectivity index (χ0n) is 12.6. The van der Waals surface area contributed by atoms with E-state index >= 15 is 0 Å². The van der Waals surface area contributed by atoms with Gasteiger partial charge in [-0.3, -0.25) is 0 Å². The molecule has 1 aliphatic carbocycles. The number of methoxy groups -OCH3 is 1. The molecule has 2 N–H and O–H groups in total. The van der Waals surface area contributed by atoms with Crippen molar-refractivity contribution in [3.05, 3.63) is 65.2 Å². The SMILES string of the molecule is COc1ccc2c(c1)C(N)(CCc1ccccc1)CCC2. The lowest BCUT2D eigenvalue weighted by atomic mass is 9.74. The fourth-order valence-electron chi connectivity index (χ4n) is 3.36. The van der Waals surface area contributed by atoms with Crippen LogP contribution in [0.4, 0.5) is 0 Å². The molecule has 21 heavy (non-hydrogen) atoms. The quantitative estimate of drug-likeness (QED) is 0.924. The van der Waals surface area contributed by atoms with E-state index < -0.39 is 0 Å². The molecule has 110 valence electrons. The molecule has 2 aromatic carbocycles. The predicted octanol–water partition coefficient (Wildman–Crippen LogP) is 3.82. The van der Waals surface area contributed by atoms with Crippen LogP contribution in [-0.2, 0) is 18.4 Å². The monoisotopic (exact) mass is 281 g/mol. The van der Waals surface area contributed by atoms with Gasteiger partial charge in [-0.25, -0.2) is 0 Å². The molecule has 0 fully saturated rings. The summed E-state index contributed by atoms with van der Waals surface area (Å²) in [4.78, 5) is 0. The van der Waals surface area contributed by atoms with E-state index in [1.54, 1.807) is 7.11 Å². The van der Waals surface area contributed by atoms with Crippen molar-refractivity contribution < 1.29 is 4.74 Å². The minimum absolute atomic E-state index is 0.224. The first-order valence-corrected chi connectivity index (χ1v) is 7.71. The maximum Gasteiger partial charge on any atom is 0.119 e. The topological polar surface area (TPSA) is 35.2 Å². The minimum atomic E-state index is -0.224. The Kier molecular flexibility index (Phi) is 3.98. The highest BCUT2D eigenvalue weighted by Gasteiger charge is 2.32. The summed E-state index contributed by atoms with van der Waals surface area (Å²) in [6.07, 6.45) is 5.36. The van der Waals surface area contributed by atoms with E-state index in [-0.39, 0.29) is 5.54 Å². The van der Waals surface area contributed by atoms with Crippen molar-refractivity contribution in [1.82, 2.24) is 0 Å². The summed E-state index contributed by atoms with van der Waals surface area (Å²) in [5.41, 5.74) is 10.6. The Balaban J connectivity index is 1.85. The lowest BCUT2D eigenvalue weighted by Crippen LogP contribution is -2.40. The molecule has 0 spiro atoms. The lowest BCUT2D eigenvalue weighted by Gasteiger charge is -2.36. The average molecular weight is 281 g/mol. The Hall–Kier alpha value is -1.80. The van der Waals surface area contributed by atoms with Crippen LogP contribution >= 0.6 is 0 Å². The number of aryl methyl sites for hydroxylation is 2. The Morgan fingerprint density at radius 1 is 1.14 bits per heavy atom. The molecular weight excluding hydrogens is 258 g/mol. The van der Waals surface area contributed by atoms with Crippen molar-refractivity contribution >= 4 is 0 Å². The molecule has 3 rings (SSSR count). The van der Waals surface area contributed by atoms with Crippen molar-refractivity contribution in [2.45, 2.75) is 37.6 Å². The van der Waals surface area contributed by atoms with E-state index in [9.17, 15) is 0 Å². The first kappa shape index (κ1) is 14.2. The summed E-state index contributed by atoms with van der Waals surface area (Å²) < 4.78 is 5.38. The van der Waals surface area contributed by atoms with Crippen LogP contribution in [0.5, 0.6) is 5.75 Å². The van der Waals surface area contributed by atoms with Gasteiger partial charge in [0, 0.05) is 5.54 Å². The van der Waals surface area contributed by atoms with Crippen LogP contribution < -0.4 is 10.5 Å². The van der Waals surface area contributed by atoms with E-state index in [0.717, 1.165) is 31.4 Å². The van der Waals surface area contributed by atoms with Crippen LogP contribution in [0.2, 0.25) is 0 Å². The highest BCUT2D eigenvalue weighted by Crippen LogP contribution is 2.38. The Labute approximate surface area is 126 Å². The largest absolute Gasteiger partial charge is 0.497 e. The van der Waals surface area contributed by atoms with Crippen LogP contribution in [0.1, 0.15) is 36.0 Å². The number of rotatable bonds is 4. The van der Waals surface area contributed by atoms with Gasteiger partial charge in [0.05, 0.1) is 7.11 Å². The summed E-state index contributed by atoms with van der Waals surface area (Å²) in [7, 11) is 1.71. The van der Waals surface area contributed by atoms with Crippen molar-refractivity contribution in [2.24, 2.45) is 5.73 Å². The summed E-state index contributed by atoms with van der Waals surface area (Å²) in [6.45, 7) is 0. The van der Waals surface area contributed by atoms with Gasteiger partial charge in [0.15, 0.2) is 0 Å². The van der Waals surface area contributed by atoms with E-state index in [2.05, 4.69) is 42.5 Å². The van der Waals surface area contributed by atoms with E-state index in [1.807, 2.05) is 6.07 Å². The van der Waals surface area contributed by atoms with Crippen LogP contribution in [-0.4, -0.2) is 7.11 Å². The van der Waals surface area contributed by atoms with Crippen molar-refractivity contribution in [1.29, 1.82) is 0 Å². The van der Waals surface area contributed by atoms with Crippen LogP contribution in [0, 0.1) is 0 Å². The smallest absolute Gasteiger partial charge is 0.119 e. The van der Waals surface area contributed by atoms with Gasteiger partial charge in [0.1, 0.15) is 5.75 Å². The summed E-state index contributed by atoms with van der Waals surface area (Å²) in [5, 5.41) is 0. The molecular formula is C19H23NO. The average Bonchev–Trinajstić information content (AvgIpc) is 2.54. The molecule has 1 atom stereocenters. The van der Waals surface area contributed by atoms with Gasteiger partial charge in [-0.2, -0.15) is 0 Å². The van der Waals surface area contributed by atoms with Crippen molar-refractivity contribution in [3.8, 4) is 5.75 Å². The molecule has 0 bridgehead atoms. The van der Waals surface area contributed by atoms with E-state index in [0.29, 0.717) is 0 Å². The van der Waals surface area contributed by atoms with Crippen LogP contribution in [0.25, 0.3) is 0 Å². The summed E-state index contributed by atoms with van der Waals surface area (Å²) in [6, 6.07) is 17.0. The highest BCUT2D eigenvalue weighted by molar-refractivity contribution is 5.42. The molecule has 2 nitrogen and oxygen atoms in total. The van der Waals surface area contributed by atoms with Gasteiger partial charge in [-0.15, -0.1) is 0 Å². The Morgan fingerprint density at radius 2 is 1.95 bits per heavy atom. The third-order valence-electron chi connectivity index (χ3n) is 4.63. The highest BCUT2D eigenvalue weighted by atomic mass is 16.5. The molecule has 0 saturated heterocycles. The summed E-state index contributed by atoms with van der Waals surface area (Å²) in [5.74, 6) is 0.908. The molecule has 1 unspecified atom stereocenters. The molecule has 0 heterocycles. The van der Waals surface area contributed by atoms with Crippen LogP contribution in [0.3, 0.4) is 0 Å². The van der Waals surface area contributed by atoms with Crippen molar-refractivity contribution in [3.63, 3.8) is 0 Å². The maximum atomic E-state index is 6.79. The molecule has 0 aromatic heterocycles. The fourth-order valence-corrected chi connectivity index (χ4v) is 3.36. The second-order valence-electron chi connectivity index (χ2n) is 6.02. The molecule has 0 amide bonds. The number of benzene rings is 2. The second-order valence-corrected chi connectivity index (χ2v) is 6.02. The molecule has 2 heteroatoms. The molecule has 0 radical (unpaired) electrons. The maximum absolute atomic E-state index is 6.79. The lowest BCUT2D eigenvalue weighted by molar-refractivity contribution is 0.342. The zero-order valence-corrected chi connectivity index (χ0v) is 12.6. The van der Waals surface area contributed by atoms with E-state index in [1.165, 1.54) is 23.1 Å². The molecule has 1 aliphatic rings. The van der Waals surface area contributed by atoms with Gasteiger partial charge in [-0.05, 0) is 60.9 Å². The first-order chi connectivity index (χ1) is 10.2. The van der Waals surface area contributed by atoms with Gasteiger partial charge in [-0.1, -0.05) is 36.4 Å². The van der Waals surface area contributed by atoms with Crippen LogP contribution in [0.15, 0.2) is 48.5 Å². The number of nitrogens with two attached hydrogens (primary N) is 1. The standard InChI is InChI=1S/C19H23NO/c1-21-17-10-9-16-8-5-12-19(20,18(16)14-17)13-11-15-6-3-2-4-7-15/h2-4,6-7,9-10,14H,5,8,11-13,20H2,1H3. The normalized spacial score (nSPS) is 20.9. The van der Waals surface area contributed by atoms with Gasteiger partial charge in [0.25, 0.3) is 0 Å². The molecule has 2 aromatic rings. The third kappa shape index (κ3) is 2.96. The van der Waals surface area contributed by atoms with Crippen molar-refractivity contribution in [2.75, 3.05) is 7.11 Å². The number of hydrogen-bond donors (Lipinski definition) is 1.